The number of hydrogen-bond donors (Lipinski definition) is 0. The van der Waals surface area contributed by atoms with Crippen LogP contribution in [0.4, 0.5) is 0 Å². The van der Waals surface area contributed by atoms with Crippen LogP contribution < -0.4 is 0 Å². The second kappa shape index (κ2) is 2.82. The predicted octanol–water partition coefficient (Wildman–Crippen LogP) is 1.12. The highest BCUT2D eigenvalue weighted by Gasteiger charge is 2.51. The number of nitrogens with zero attached hydrogens (tertiary/aromatic N) is 1. The van der Waals surface area contributed by atoms with Gasteiger partial charge in [-0.05, 0) is 11.8 Å². The summed E-state index contributed by atoms with van der Waals surface area (Å²) in [6.07, 6.45) is 6.11. The number of carbonyl (C=O) groups is 1. The quantitative estimate of drug-likeness (QED) is 0.561. The summed E-state index contributed by atoms with van der Waals surface area (Å²) in [4.78, 5) is 13.2. The summed E-state index contributed by atoms with van der Waals surface area (Å²) in [6, 6.07) is 0. The van der Waals surface area contributed by atoms with Crippen molar-refractivity contribution in [2.75, 3.05) is 13.6 Å². The smallest absolute Gasteiger partial charge is 0.226 e. The summed E-state index contributed by atoms with van der Waals surface area (Å²) >= 11 is 0. The van der Waals surface area contributed by atoms with E-state index in [4.69, 9.17) is 6.42 Å². The second-order valence-corrected chi connectivity index (χ2v) is 4.14. The molecule has 0 aromatic carbocycles. The predicted molar refractivity (Wildman–Crippen MR) is 48.4 cm³/mol. The van der Waals surface area contributed by atoms with Crippen molar-refractivity contribution in [3.63, 3.8) is 0 Å². The molecule has 1 aliphatic rings. The molecule has 12 heavy (non-hydrogen) atoms. The Hall–Kier alpha value is -0.970. The zero-order chi connectivity index (χ0) is 9.35. The van der Waals surface area contributed by atoms with Crippen LogP contribution in [-0.2, 0) is 4.79 Å². The van der Waals surface area contributed by atoms with Crippen molar-refractivity contribution in [2.45, 2.75) is 20.3 Å². The molecule has 66 valence electrons. The molecule has 1 unspecified atom stereocenters. The van der Waals surface area contributed by atoms with E-state index >= 15 is 0 Å². The minimum Gasteiger partial charge on any atom is -0.334 e. The van der Waals surface area contributed by atoms with E-state index in [1.165, 1.54) is 0 Å². The standard InChI is InChI=1S/C10H15NO/c1-5-6-11(4)9(12)8-7-10(8,2)3/h1,8H,6-7H2,2-4H3. The molecule has 0 heterocycles. The molecule has 1 saturated carbocycles. The first-order valence-electron chi connectivity index (χ1n) is 4.17. The van der Waals surface area contributed by atoms with Gasteiger partial charge in [0.2, 0.25) is 5.91 Å². The Labute approximate surface area is 73.9 Å². The monoisotopic (exact) mass is 165 g/mol. The minimum absolute atomic E-state index is 0.193. The number of terminal acetylenes is 1. The summed E-state index contributed by atoms with van der Waals surface area (Å²) in [6.45, 7) is 4.64. The van der Waals surface area contributed by atoms with Crippen LogP contribution in [0.5, 0.6) is 0 Å². The normalized spacial score (nSPS) is 24.3. The van der Waals surface area contributed by atoms with Crippen LogP contribution >= 0.6 is 0 Å². The van der Waals surface area contributed by atoms with Crippen LogP contribution in [0, 0.1) is 23.7 Å². The Kier molecular flexibility index (Phi) is 2.14. The third kappa shape index (κ3) is 1.61. The van der Waals surface area contributed by atoms with E-state index in [1.807, 2.05) is 0 Å². The maximum atomic E-state index is 11.5. The molecule has 0 N–H and O–H groups in total. The minimum atomic E-state index is 0.193. The Morgan fingerprint density at radius 2 is 2.25 bits per heavy atom. The lowest BCUT2D eigenvalue weighted by Gasteiger charge is -2.14. The zero-order valence-corrected chi connectivity index (χ0v) is 7.92. The molecule has 1 rings (SSSR count). The molecule has 1 aliphatic carbocycles. The molecule has 0 aromatic rings. The highest BCUT2D eigenvalue weighted by Crippen LogP contribution is 2.52. The van der Waals surface area contributed by atoms with Crippen LogP contribution in [0.1, 0.15) is 20.3 Å². The molecule has 1 amide bonds. The average molecular weight is 165 g/mol. The van der Waals surface area contributed by atoms with E-state index in [2.05, 4.69) is 19.8 Å². The van der Waals surface area contributed by atoms with Gasteiger partial charge in [0.05, 0.1) is 6.54 Å². The lowest BCUT2D eigenvalue weighted by atomic mass is 10.1. The fourth-order valence-corrected chi connectivity index (χ4v) is 1.37. The molecule has 2 heteroatoms. The molecular weight excluding hydrogens is 150 g/mol. The molecule has 0 saturated heterocycles. The first-order chi connectivity index (χ1) is 5.49. The van der Waals surface area contributed by atoms with E-state index in [-0.39, 0.29) is 17.2 Å². The summed E-state index contributed by atoms with van der Waals surface area (Å²) in [5.41, 5.74) is 0.208. The molecule has 0 bridgehead atoms. The molecule has 0 radical (unpaired) electrons. The molecule has 0 aromatic heterocycles. The molecule has 1 atom stereocenters. The van der Waals surface area contributed by atoms with Crippen molar-refractivity contribution in [3.05, 3.63) is 0 Å². The molecule has 0 aliphatic heterocycles. The lowest BCUT2D eigenvalue weighted by molar-refractivity contribution is -0.131. The van der Waals surface area contributed by atoms with Crippen molar-refractivity contribution >= 4 is 5.91 Å². The summed E-state index contributed by atoms with van der Waals surface area (Å²) in [7, 11) is 1.76. The lowest BCUT2D eigenvalue weighted by Crippen LogP contribution is -2.29. The van der Waals surface area contributed by atoms with Gasteiger partial charge in [0.1, 0.15) is 0 Å². The Bertz CT molecular complexity index is 237. The first kappa shape index (κ1) is 9.12. The van der Waals surface area contributed by atoms with Gasteiger partial charge in [0, 0.05) is 13.0 Å². The third-order valence-corrected chi connectivity index (χ3v) is 2.52. The summed E-state index contributed by atoms with van der Waals surface area (Å²) in [5.74, 6) is 2.86. The van der Waals surface area contributed by atoms with Crippen LogP contribution in [0.25, 0.3) is 0 Å². The zero-order valence-electron chi connectivity index (χ0n) is 7.92. The number of carbonyl (C=O) groups excluding carboxylic acids is 1. The first-order valence-corrected chi connectivity index (χ1v) is 4.17. The van der Waals surface area contributed by atoms with Crippen LogP contribution in [0.3, 0.4) is 0 Å². The van der Waals surface area contributed by atoms with Crippen molar-refractivity contribution in [3.8, 4) is 12.3 Å². The summed E-state index contributed by atoms with van der Waals surface area (Å²) in [5, 5.41) is 0. The van der Waals surface area contributed by atoms with Crippen LogP contribution in [0.2, 0.25) is 0 Å². The maximum absolute atomic E-state index is 11.5. The Morgan fingerprint density at radius 1 is 1.75 bits per heavy atom. The molecule has 0 spiro atoms. The second-order valence-electron chi connectivity index (χ2n) is 4.14. The fourth-order valence-electron chi connectivity index (χ4n) is 1.37. The van der Waals surface area contributed by atoms with E-state index in [0.29, 0.717) is 6.54 Å². The SMILES string of the molecule is C#CCN(C)C(=O)C1CC1(C)C. The highest BCUT2D eigenvalue weighted by molar-refractivity contribution is 5.82. The molecule has 1 fully saturated rings. The van der Waals surface area contributed by atoms with Gasteiger partial charge in [0.25, 0.3) is 0 Å². The van der Waals surface area contributed by atoms with Crippen LogP contribution in [0.15, 0.2) is 0 Å². The van der Waals surface area contributed by atoms with Crippen molar-refractivity contribution in [1.29, 1.82) is 0 Å². The third-order valence-electron chi connectivity index (χ3n) is 2.52. The van der Waals surface area contributed by atoms with E-state index in [1.54, 1.807) is 11.9 Å². The van der Waals surface area contributed by atoms with Gasteiger partial charge in [-0.15, -0.1) is 6.42 Å². The van der Waals surface area contributed by atoms with Gasteiger partial charge < -0.3 is 4.90 Å². The van der Waals surface area contributed by atoms with E-state index < -0.39 is 0 Å². The molecular formula is C10H15NO. The highest BCUT2D eigenvalue weighted by atomic mass is 16.2. The maximum Gasteiger partial charge on any atom is 0.226 e. The number of rotatable bonds is 2. The molecule has 2 nitrogen and oxygen atoms in total. The number of hydrogen-bond acceptors (Lipinski definition) is 1. The number of amides is 1. The fraction of sp³-hybridized carbons (Fsp3) is 0.700. The largest absolute Gasteiger partial charge is 0.334 e. The Balaban J connectivity index is 2.46. The Morgan fingerprint density at radius 3 is 2.58 bits per heavy atom. The van der Waals surface area contributed by atoms with E-state index in [9.17, 15) is 4.79 Å². The van der Waals surface area contributed by atoms with Gasteiger partial charge in [-0.3, -0.25) is 4.79 Å². The van der Waals surface area contributed by atoms with Gasteiger partial charge in [0.15, 0.2) is 0 Å². The average Bonchev–Trinajstić information content (AvgIpc) is 2.59. The van der Waals surface area contributed by atoms with Gasteiger partial charge >= 0.3 is 0 Å². The van der Waals surface area contributed by atoms with Crippen LogP contribution in [-0.4, -0.2) is 24.4 Å². The van der Waals surface area contributed by atoms with Crippen molar-refractivity contribution in [1.82, 2.24) is 4.90 Å². The van der Waals surface area contributed by atoms with Crippen molar-refractivity contribution < 1.29 is 4.79 Å². The van der Waals surface area contributed by atoms with Gasteiger partial charge in [-0.1, -0.05) is 19.8 Å². The van der Waals surface area contributed by atoms with Crippen molar-refractivity contribution in [2.24, 2.45) is 11.3 Å². The van der Waals surface area contributed by atoms with Gasteiger partial charge in [-0.2, -0.15) is 0 Å². The topological polar surface area (TPSA) is 20.3 Å². The van der Waals surface area contributed by atoms with E-state index in [0.717, 1.165) is 6.42 Å². The summed E-state index contributed by atoms with van der Waals surface area (Å²) < 4.78 is 0. The van der Waals surface area contributed by atoms with Gasteiger partial charge in [-0.25, -0.2) is 0 Å².